The van der Waals surface area contributed by atoms with Crippen molar-refractivity contribution < 1.29 is 4.79 Å². The second-order valence-electron chi connectivity index (χ2n) is 10.1. The van der Waals surface area contributed by atoms with Crippen molar-refractivity contribution in [2.75, 3.05) is 33.7 Å². The zero-order valence-electron chi connectivity index (χ0n) is 20.8. The van der Waals surface area contributed by atoms with Gasteiger partial charge in [-0.2, -0.15) is 0 Å². The molecule has 1 aliphatic heterocycles. The third-order valence-electron chi connectivity index (χ3n) is 7.22. The molecular formula is C27H34N6O. The standard InChI is InChI=1S/C27H34N6O/c1-17(2)26-22-14-20(19-10-12-32(13-11-19)16-25(34)31(4)5)6-8-23(22)28-27(26)21-7-9-24-30-29-18(3)33(24)15-21/h6-9,14-15,17,19,28H,10-13,16H2,1-5H3. The fourth-order valence-electron chi connectivity index (χ4n) is 5.22. The molecule has 4 aromatic rings. The van der Waals surface area contributed by atoms with E-state index in [9.17, 15) is 4.79 Å². The summed E-state index contributed by atoms with van der Waals surface area (Å²) in [6.45, 7) is 8.97. The number of hydrogen-bond donors (Lipinski definition) is 1. The lowest BCUT2D eigenvalue weighted by molar-refractivity contribution is -0.130. The molecule has 1 N–H and O–H groups in total. The Morgan fingerprint density at radius 2 is 1.91 bits per heavy atom. The van der Waals surface area contributed by atoms with E-state index in [1.165, 1.54) is 27.7 Å². The van der Waals surface area contributed by atoms with Gasteiger partial charge in [0.15, 0.2) is 5.65 Å². The molecule has 1 fully saturated rings. The highest BCUT2D eigenvalue weighted by Gasteiger charge is 2.24. The Kier molecular flexibility index (Phi) is 5.90. The highest BCUT2D eigenvalue weighted by atomic mass is 16.2. The van der Waals surface area contributed by atoms with Crippen molar-refractivity contribution in [2.24, 2.45) is 0 Å². The molecule has 3 aromatic heterocycles. The number of amides is 1. The summed E-state index contributed by atoms with van der Waals surface area (Å²) in [4.78, 5) is 19.7. The van der Waals surface area contributed by atoms with E-state index in [2.05, 4.69) is 64.4 Å². The van der Waals surface area contributed by atoms with E-state index in [0.717, 1.165) is 43.0 Å². The lowest BCUT2D eigenvalue weighted by Gasteiger charge is -2.32. The number of likely N-dealkylation sites (N-methyl/N-ethyl adjacent to an activating group) is 1. The number of rotatable bonds is 5. The number of aromatic amines is 1. The van der Waals surface area contributed by atoms with Crippen LogP contribution in [0, 0.1) is 6.92 Å². The number of nitrogens with one attached hydrogen (secondary N) is 1. The van der Waals surface area contributed by atoms with E-state index < -0.39 is 0 Å². The smallest absolute Gasteiger partial charge is 0.236 e. The monoisotopic (exact) mass is 458 g/mol. The summed E-state index contributed by atoms with van der Waals surface area (Å²) in [7, 11) is 3.65. The maximum Gasteiger partial charge on any atom is 0.236 e. The average Bonchev–Trinajstić information content (AvgIpc) is 3.39. The highest BCUT2D eigenvalue weighted by Crippen LogP contribution is 2.38. The summed E-state index contributed by atoms with van der Waals surface area (Å²) in [5, 5.41) is 9.74. The lowest BCUT2D eigenvalue weighted by atomic mass is 9.87. The molecule has 1 amide bonds. The molecule has 0 spiro atoms. The number of carbonyl (C=O) groups excluding carboxylic acids is 1. The molecule has 5 rings (SSSR count). The third-order valence-corrected chi connectivity index (χ3v) is 7.22. The van der Waals surface area contributed by atoms with Crippen LogP contribution in [-0.4, -0.2) is 69.0 Å². The number of likely N-dealkylation sites (tertiary alicyclic amines) is 1. The summed E-state index contributed by atoms with van der Waals surface area (Å²) in [6, 6.07) is 11.1. The highest BCUT2D eigenvalue weighted by molar-refractivity contribution is 5.92. The van der Waals surface area contributed by atoms with Crippen LogP contribution in [0.25, 0.3) is 27.8 Å². The Morgan fingerprint density at radius 1 is 1.15 bits per heavy atom. The zero-order valence-corrected chi connectivity index (χ0v) is 20.8. The molecule has 0 unspecified atom stereocenters. The van der Waals surface area contributed by atoms with Crippen LogP contribution in [0.5, 0.6) is 0 Å². The quantitative estimate of drug-likeness (QED) is 0.475. The van der Waals surface area contributed by atoms with Crippen molar-refractivity contribution in [1.29, 1.82) is 0 Å². The molecule has 4 heterocycles. The van der Waals surface area contributed by atoms with E-state index in [4.69, 9.17) is 0 Å². The zero-order chi connectivity index (χ0) is 24.0. The van der Waals surface area contributed by atoms with Crippen molar-refractivity contribution in [3.63, 3.8) is 0 Å². The summed E-state index contributed by atoms with van der Waals surface area (Å²) in [5.41, 5.74) is 7.13. The Morgan fingerprint density at radius 3 is 2.62 bits per heavy atom. The SMILES string of the molecule is Cc1nnc2ccc(-c3[nH]c4ccc(C5CCN(CC(=O)N(C)C)CC5)cc4c3C(C)C)cn12. The maximum atomic E-state index is 12.1. The Hall–Kier alpha value is -3.19. The molecule has 0 aliphatic carbocycles. The van der Waals surface area contributed by atoms with E-state index in [0.29, 0.717) is 18.4 Å². The minimum atomic E-state index is 0.182. The first-order chi connectivity index (χ1) is 16.3. The third kappa shape index (κ3) is 4.09. The van der Waals surface area contributed by atoms with Gasteiger partial charge in [-0.25, -0.2) is 0 Å². The second-order valence-corrected chi connectivity index (χ2v) is 10.1. The van der Waals surface area contributed by atoms with E-state index >= 15 is 0 Å². The summed E-state index contributed by atoms with van der Waals surface area (Å²) >= 11 is 0. The number of carbonyl (C=O) groups is 1. The number of hydrogen-bond acceptors (Lipinski definition) is 4. The molecule has 1 aromatic carbocycles. The van der Waals surface area contributed by atoms with Crippen LogP contribution in [0.1, 0.15) is 55.5 Å². The number of aromatic nitrogens is 4. The fraction of sp³-hybridized carbons (Fsp3) is 0.444. The normalized spacial score (nSPS) is 15.6. The molecule has 1 aliphatic rings. The molecule has 0 saturated carbocycles. The molecule has 7 heteroatoms. The van der Waals surface area contributed by atoms with Gasteiger partial charge in [0, 0.05) is 36.8 Å². The van der Waals surface area contributed by atoms with Gasteiger partial charge in [0.2, 0.25) is 5.91 Å². The minimum absolute atomic E-state index is 0.182. The van der Waals surface area contributed by atoms with Gasteiger partial charge in [0.1, 0.15) is 5.82 Å². The predicted molar refractivity (Wildman–Crippen MR) is 136 cm³/mol. The molecule has 0 radical (unpaired) electrons. The van der Waals surface area contributed by atoms with Crippen molar-refractivity contribution in [2.45, 2.75) is 45.4 Å². The van der Waals surface area contributed by atoms with Gasteiger partial charge in [-0.3, -0.25) is 14.1 Å². The van der Waals surface area contributed by atoms with Crippen LogP contribution >= 0.6 is 0 Å². The number of fused-ring (bicyclic) bond motifs is 2. The topological polar surface area (TPSA) is 69.5 Å². The van der Waals surface area contributed by atoms with E-state index in [-0.39, 0.29) is 5.91 Å². The van der Waals surface area contributed by atoms with Crippen LogP contribution < -0.4 is 0 Å². The van der Waals surface area contributed by atoms with Crippen LogP contribution in [0.2, 0.25) is 0 Å². The number of aryl methyl sites for hydroxylation is 1. The largest absolute Gasteiger partial charge is 0.354 e. The summed E-state index contributed by atoms with van der Waals surface area (Å²) < 4.78 is 2.05. The summed E-state index contributed by atoms with van der Waals surface area (Å²) in [5.74, 6) is 1.99. The van der Waals surface area contributed by atoms with Gasteiger partial charge in [-0.15, -0.1) is 10.2 Å². The first-order valence-corrected chi connectivity index (χ1v) is 12.2. The van der Waals surface area contributed by atoms with Crippen molar-refractivity contribution in [3.05, 3.63) is 53.5 Å². The fourth-order valence-corrected chi connectivity index (χ4v) is 5.22. The van der Waals surface area contributed by atoms with Gasteiger partial charge in [-0.05, 0) is 80.1 Å². The lowest BCUT2D eigenvalue weighted by Crippen LogP contribution is -2.40. The molecule has 0 atom stereocenters. The van der Waals surface area contributed by atoms with Gasteiger partial charge >= 0.3 is 0 Å². The maximum absolute atomic E-state index is 12.1. The summed E-state index contributed by atoms with van der Waals surface area (Å²) in [6.07, 6.45) is 4.31. The number of nitrogens with zero attached hydrogens (tertiary/aromatic N) is 5. The molecule has 1 saturated heterocycles. The Labute approximate surface area is 200 Å². The Balaban J connectivity index is 1.45. The first kappa shape index (κ1) is 22.6. The Bertz CT molecular complexity index is 1340. The first-order valence-electron chi connectivity index (χ1n) is 12.2. The van der Waals surface area contributed by atoms with Crippen molar-refractivity contribution in [1.82, 2.24) is 29.4 Å². The van der Waals surface area contributed by atoms with Crippen molar-refractivity contribution >= 4 is 22.5 Å². The minimum Gasteiger partial charge on any atom is -0.354 e. The molecule has 7 nitrogen and oxygen atoms in total. The number of H-pyrrole nitrogens is 1. The number of pyridine rings is 1. The van der Waals surface area contributed by atoms with Gasteiger partial charge < -0.3 is 9.88 Å². The van der Waals surface area contributed by atoms with Crippen molar-refractivity contribution in [3.8, 4) is 11.3 Å². The second kappa shape index (κ2) is 8.87. The van der Waals surface area contributed by atoms with E-state index in [1.54, 1.807) is 4.90 Å². The van der Waals surface area contributed by atoms with Gasteiger partial charge in [0.05, 0.1) is 12.2 Å². The predicted octanol–water partition coefficient (Wildman–Crippen LogP) is 4.58. The molecule has 0 bridgehead atoms. The number of benzene rings is 1. The molecule has 34 heavy (non-hydrogen) atoms. The molecular weight excluding hydrogens is 424 g/mol. The van der Waals surface area contributed by atoms with Gasteiger partial charge in [-0.1, -0.05) is 19.9 Å². The van der Waals surface area contributed by atoms with Crippen LogP contribution in [-0.2, 0) is 4.79 Å². The van der Waals surface area contributed by atoms with Gasteiger partial charge in [0.25, 0.3) is 0 Å². The van der Waals surface area contributed by atoms with Crippen LogP contribution in [0.3, 0.4) is 0 Å². The number of piperidine rings is 1. The average molecular weight is 459 g/mol. The van der Waals surface area contributed by atoms with Crippen LogP contribution in [0.4, 0.5) is 0 Å². The molecule has 178 valence electrons. The van der Waals surface area contributed by atoms with Crippen LogP contribution in [0.15, 0.2) is 36.5 Å². The van der Waals surface area contributed by atoms with E-state index in [1.807, 2.05) is 31.5 Å².